The number of aryl methyl sites for hydroxylation is 3. The van der Waals surface area contributed by atoms with Gasteiger partial charge in [-0.2, -0.15) is 5.10 Å². The van der Waals surface area contributed by atoms with Gasteiger partial charge in [0.15, 0.2) is 0 Å². The van der Waals surface area contributed by atoms with Gasteiger partial charge in [-0.25, -0.2) is 14.6 Å². The van der Waals surface area contributed by atoms with Gasteiger partial charge in [0.05, 0.1) is 12.1 Å². The minimum atomic E-state index is -0.171. The third-order valence-corrected chi connectivity index (χ3v) is 4.60. The number of nitrogens with one attached hydrogen (secondary N) is 2. The summed E-state index contributed by atoms with van der Waals surface area (Å²) in [4.78, 5) is 33.1. The van der Waals surface area contributed by atoms with Gasteiger partial charge in [-0.15, -0.1) is 0 Å². The second-order valence-electron chi connectivity index (χ2n) is 6.89. The maximum Gasteiger partial charge on any atom is 0.251 e. The number of hydrogen-bond donors (Lipinski definition) is 2. The molecule has 0 aliphatic carbocycles. The SMILES string of the molecule is CNC(=O)c1ccc(NC(=O)Cc2c(C)nn(-c3nc(C)cc(C)n3)c2C)cc1. The molecule has 0 fully saturated rings. The zero-order valence-corrected chi connectivity index (χ0v) is 17.2. The van der Waals surface area contributed by atoms with Crippen LogP contribution in [0.15, 0.2) is 30.3 Å². The zero-order valence-electron chi connectivity index (χ0n) is 17.2. The molecule has 2 heterocycles. The van der Waals surface area contributed by atoms with Crippen LogP contribution in [0.2, 0.25) is 0 Å². The van der Waals surface area contributed by atoms with E-state index in [9.17, 15) is 9.59 Å². The molecule has 0 aliphatic heterocycles. The van der Waals surface area contributed by atoms with Gasteiger partial charge in [0, 0.05) is 40.9 Å². The van der Waals surface area contributed by atoms with E-state index >= 15 is 0 Å². The maximum absolute atomic E-state index is 12.6. The lowest BCUT2D eigenvalue weighted by atomic mass is 10.1. The molecule has 2 N–H and O–H groups in total. The van der Waals surface area contributed by atoms with Crippen LogP contribution < -0.4 is 10.6 Å². The van der Waals surface area contributed by atoms with Crippen LogP contribution in [0.5, 0.6) is 0 Å². The molecule has 0 atom stereocenters. The van der Waals surface area contributed by atoms with Gasteiger partial charge in [0.25, 0.3) is 11.9 Å². The number of aromatic nitrogens is 4. The van der Waals surface area contributed by atoms with Gasteiger partial charge in [-0.1, -0.05) is 0 Å². The van der Waals surface area contributed by atoms with Crippen molar-refractivity contribution >= 4 is 17.5 Å². The van der Waals surface area contributed by atoms with Crippen LogP contribution in [0.25, 0.3) is 5.95 Å². The first-order valence-corrected chi connectivity index (χ1v) is 9.28. The monoisotopic (exact) mass is 392 g/mol. The van der Waals surface area contributed by atoms with E-state index in [0.717, 1.165) is 28.3 Å². The Kier molecular flexibility index (Phi) is 5.72. The molecule has 0 radical (unpaired) electrons. The van der Waals surface area contributed by atoms with Crippen molar-refractivity contribution in [3.05, 3.63) is 64.2 Å². The van der Waals surface area contributed by atoms with Crippen LogP contribution in [0.3, 0.4) is 0 Å². The number of benzene rings is 1. The highest BCUT2D eigenvalue weighted by atomic mass is 16.2. The van der Waals surface area contributed by atoms with Gasteiger partial charge in [0.2, 0.25) is 5.91 Å². The summed E-state index contributed by atoms with van der Waals surface area (Å²) in [7, 11) is 1.58. The summed E-state index contributed by atoms with van der Waals surface area (Å²) in [5.41, 5.74) is 5.31. The number of hydrogen-bond acceptors (Lipinski definition) is 5. The second-order valence-corrected chi connectivity index (χ2v) is 6.89. The fraction of sp³-hybridized carbons (Fsp3) is 0.286. The summed E-state index contributed by atoms with van der Waals surface area (Å²) < 4.78 is 1.68. The molecule has 2 aromatic heterocycles. The Morgan fingerprint density at radius 2 is 1.62 bits per heavy atom. The van der Waals surface area contributed by atoms with Crippen molar-refractivity contribution in [3.63, 3.8) is 0 Å². The van der Waals surface area contributed by atoms with Gasteiger partial charge in [-0.3, -0.25) is 9.59 Å². The molecule has 29 heavy (non-hydrogen) atoms. The van der Waals surface area contributed by atoms with Gasteiger partial charge < -0.3 is 10.6 Å². The first kappa shape index (κ1) is 20.2. The molecule has 0 spiro atoms. The fourth-order valence-electron chi connectivity index (χ4n) is 3.14. The van der Waals surface area contributed by atoms with Crippen LogP contribution in [-0.2, 0) is 11.2 Å². The Morgan fingerprint density at radius 1 is 1.00 bits per heavy atom. The molecular formula is C21H24N6O2. The second kappa shape index (κ2) is 8.22. The van der Waals surface area contributed by atoms with Crippen LogP contribution in [-0.4, -0.2) is 38.6 Å². The number of nitrogens with zero attached hydrogens (tertiary/aromatic N) is 4. The van der Waals surface area contributed by atoms with Crippen LogP contribution in [0.4, 0.5) is 5.69 Å². The Labute approximate surface area is 169 Å². The predicted octanol–water partition coefficient (Wildman–Crippen LogP) is 2.44. The van der Waals surface area contributed by atoms with Crippen LogP contribution in [0, 0.1) is 27.7 Å². The minimum Gasteiger partial charge on any atom is -0.355 e. The smallest absolute Gasteiger partial charge is 0.251 e. The molecule has 0 bridgehead atoms. The van der Waals surface area contributed by atoms with E-state index in [-0.39, 0.29) is 18.2 Å². The molecular weight excluding hydrogens is 368 g/mol. The van der Waals surface area contributed by atoms with Crippen LogP contribution in [0.1, 0.15) is 38.7 Å². The quantitative estimate of drug-likeness (QED) is 0.694. The highest BCUT2D eigenvalue weighted by Crippen LogP contribution is 2.18. The van der Waals surface area contributed by atoms with Crippen molar-refractivity contribution < 1.29 is 9.59 Å². The molecule has 2 amide bonds. The average molecular weight is 392 g/mol. The molecule has 1 aromatic carbocycles. The molecule has 8 nitrogen and oxygen atoms in total. The largest absolute Gasteiger partial charge is 0.355 e. The van der Waals surface area contributed by atoms with Crippen molar-refractivity contribution in [1.29, 1.82) is 0 Å². The molecule has 0 saturated heterocycles. The van der Waals surface area contributed by atoms with E-state index in [1.165, 1.54) is 0 Å². The molecule has 3 rings (SSSR count). The van der Waals surface area contributed by atoms with E-state index in [1.807, 2.05) is 33.8 Å². The van der Waals surface area contributed by atoms with Crippen molar-refractivity contribution in [1.82, 2.24) is 25.1 Å². The summed E-state index contributed by atoms with van der Waals surface area (Å²) >= 11 is 0. The number of rotatable bonds is 5. The van der Waals surface area contributed by atoms with Crippen LogP contribution >= 0.6 is 0 Å². The van der Waals surface area contributed by atoms with E-state index in [0.29, 0.717) is 17.2 Å². The first-order chi connectivity index (χ1) is 13.8. The summed E-state index contributed by atoms with van der Waals surface area (Å²) in [6.07, 6.45) is 0.180. The first-order valence-electron chi connectivity index (χ1n) is 9.28. The highest BCUT2D eigenvalue weighted by Gasteiger charge is 2.18. The van der Waals surface area contributed by atoms with E-state index in [1.54, 1.807) is 36.0 Å². The third kappa shape index (κ3) is 4.48. The van der Waals surface area contributed by atoms with Gasteiger partial charge in [-0.05, 0) is 58.0 Å². The van der Waals surface area contributed by atoms with E-state index in [4.69, 9.17) is 0 Å². The van der Waals surface area contributed by atoms with Gasteiger partial charge in [0.1, 0.15) is 0 Å². The topological polar surface area (TPSA) is 102 Å². The summed E-state index contributed by atoms with van der Waals surface area (Å²) in [6.45, 7) is 7.59. The molecule has 0 aliphatic rings. The van der Waals surface area contributed by atoms with Crippen molar-refractivity contribution in [2.75, 3.05) is 12.4 Å². The van der Waals surface area contributed by atoms with E-state index in [2.05, 4.69) is 25.7 Å². The summed E-state index contributed by atoms with van der Waals surface area (Å²) in [6, 6.07) is 8.64. The molecule has 8 heteroatoms. The van der Waals surface area contributed by atoms with E-state index < -0.39 is 0 Å². The molecule has 3 aromatic rings. The van der Waals surface area contributed by atoms with Gasteiger partial charge >= 0.3 is 0 Å². The molecule has 0 saturated carbocycles. The summed E-state index contributed by atoms with van der Waals surface area (Å²) in [5, 5.41) is 9.95. The Balaban J connectivity index is 1.77. The number of carbonyl (C=O) groups is 2. The third-order valence-electron chi connectivity index (χ3n) is 4.60. The Bertz CT molecular complexity index is 1050. The fourth-order valence-corrected chi connectivity index (χ4v) is 3.14. The normalized spacial score (nSPS) is 10.7. The maximum atomic E-state index is 12.6. The number of amides is 2. The van der Waals surface area contributed by atoms with Crippen molar-refractivity contribution in [3.8, 4) is 5.95 Å². The lowest BCUT2D eigenvalue weighted by Gasteiger charge is -2.08. The molecule has 0 unspecified atom stereocenters. The lowest BCUT2D eigenvalue weighted by molar-refractivity contribution is -0.115. The minimum absolute atomic E-state index is 0.162. The van der Waals surface area contributed by atoms with Crippen molar-refractivity contribution in [2.45, 2.75) is 34.1 Å². The standard InChI is InChI=1S/C21H24N6O2/c1-12-10-13(2)24-21(23-12)27-15(4)18(14(3)26-27)11-19(28)25-17-8-6-16(7-9-17)20(29)22-5/h6-10H,11H2,1-5H3,(H,22,29)(H,25,28). The zero-order chi connectivity index (χ0) is 21.1. The Hall–Kier alpha value is -3.55. The lowest BCUT2D eigenvalue weighted by Crippen LogP contribution is -2.18. The predicted molar refractivity (Wildman–Crippen MR) is 110 cm³/mol. The number of anilines is 1. The molecule has 150 valence electrons. The van der Waals surface area contributed by atoms with Crippen molar-refractivity contribution in [2.24, 2.45) is 0 Å². The highest BCUT2D eigenvalue weighted by molar-refractivity contribution is 5.96. The average Bonchev–Trinajstić information content (AvgIpc) is 2.95. The Morgan fingerprint density at radius 3 is 2.21 bits per heavy atom. The summed E-state index contributed by atoms with van der Waals surface area (Å²) in [5.74, 6) is 0.166. The number of carbonyl (C=O) groups excluding carboxylic acids is 2.